The number of alkyl halides is 1. The molecule has 1 unspecified atom stereocenters. The molecule has 0 saturated carbocycles. The van der Waals surface area contributed by atoms with Crippen LogP contribution in [0.4, 0.5) is 0 Å². The van der Waals surface area contributed by atoms with Crippen molar-refractivity contribution in [2.24, 2.45) is 0 Å². The van der Waals surface area contributed by atoms with Gasteiger partial charge in [-0.3, -0.25) is 0 Å². The van der Waals surface area contributed by atoms with Crippen LogP contribution in [0, 0.1) is 0 Å². The number of benzene rings is 1. The second kappa shape index (κ2) is 4.98. The molecule has 0 amide bonds. The fourth-order valence-electron chi connectivity index (χ4n) is 0.731. The normalized spacial score (nSPS) is 11.9. The first-order valence-electron chi connectivity index (χ1n) is 3.70. The van der Waals surface area contributed by atoms with E-state index in [1.807, 2.05) is 0 Å². The monoisotopic (exact) mass is 232 g/mol. The van der Waals surface area contributed by atoms with Crippen LogP contribution in [-0.2, 0) is 9.59 Å². The Balaban J connectivity index is 2.65. The van der Waals surface area contributed by atoms with E-state index in [1.54, 1.807) is 12.1 Å². The Bertz CT molecular complexity index is 334. The van der Waals surface area contributed by atoms with E-state index in [0.29, 0.717) is 17.1 Å². The average Bonchev–Trinajstić information content (AvgIpc) is 2.20. The highest BCUT2D eigenvalue weighted by molar-refractivity contribution is 6.37. The highest BCUT2D eigenvalue weighted by Gasteiger charge is 2.16. The Morgan fingerprint density at radius 2 is 1.93 bits per heavy atom. The van der Waals surface area contributed by atoms with Gasteiger partial charge in [0, 0.05) is 5.02 Å². The average molecular weight is 233 g/mol. The Kier molecular flexibility index (Phi) is 3.92. The van der Waals surface area contributed by atoms with Gasteiger partial charge in [-0.2, -0.15) is 0 Å². The predicted octanol–water partition coefficient (Wildman–Crippen LogP) is 2.05. The molecule has 0 heterocycles. The van der Waals surface area contributed by atoms with Crippen LogP contribution in [0.2, 0.25) is 5.02 Å². The summed E-state index contributed by atoms with van der Waals surface area (Å²) >= 11 is 10.9. The van der Waals surface area contributed by atoms with Gasteiger partial charge in [-0.15, -0.1) is 11.6 Å². The van der Waals surface area contributed by atoms with Crippen LogP contribution in [0.15, 0.2) is 24.3 Å². The van der Waals surface area contributed by atoms with Crippen molar-refractivity contribution in [3.05, 3.63) is 29.3 Å². The summed E-state index contributed by atoms with van der Waals surface area (Å²) < 4.78 is 4.76. The van der Waals surface area contributed by atoms with Gasteiger partial charge in [-0.1, -0.05) is 11.6 Å². The van der Waals surface area contributed by atoms with E-state index in [-0.39, 0.29) is 0 Å². The molecule has 0 saturated heterocycles. The summed E-state index contributed by atoms with van der Waals surface area (Å²) in [6.07, 6.45) is 0.305. The van der Waals surface area contributed by atoms with Crippen molar-refractivity contribution in [1.29, 1.82) is 0 Å². The zero-order valence-electron chi connectivity index (χ0n) is 6.94. The summed E-state index contributed by atoms with van der Waals surface area (Å²) in [6.45, 7) is 0. The maximum Gasteiger partial charge on any atom is 0.336 e. The van der Waals surface area contributed by atoms with Crippen LogP contribution in [0.3, 0.4) is 0 Å². The van der Waals surface area contributed by atoms with Gasteiger partial charge in [0.25, 0.3) is 0 Å². The van der Waals surface area contributed by atoms with E-state index in [2.05, 4.69) is 0 Å². The molecule has 0 spiro atoms. The molecular weight excluding hydrogens is 227 g/mol. The van der Waals surface area contributed by atoms with Gasteiger partial charge in [0.05, 0.1) is 0 Å². The third-order valence-electron chi connectivity index (χ3n) is 1.38. The van der Waals surface area contributed by atoms with Crippen molar-refractivity contribution in [3.63, 3.8) is 0 Å². The van der Waals surface area contributed by atoms with Gasteiger partial charge in [-0.05, 0) is 24.3 Å². The minimum absolute atomic E-state index is 0.298. The topological polar surface area (TPSA) is 43.4 Å². The molecule has 0 aliphatic rings. The fourth-order valence-corrected chi connectivity index (χ4v) is 0.901. The molecule has 1 rings (SSSR count). The number of carbonyl (C=O) groups excluding carboxylic acids is 2. The molecule has 0 aromatic heterocycles. The first kappa shape index (κ1) is 11.0. The molecule has 0 radical (unpaired) electrons. The van der Waals surface area contributed by atoms with Crippen molar-refractivity contribution in [1.82, 2.24) is 0 Å². The molecule has 0 fully saturated rings. The van der Waals surface area contributed by atoms with Crippen molar-refractivity contribution in [2.75, 3.05) is 0 Å². The highest BCUT2D eigenvalue weighted by Crippen LogP contribution is 2.16. The number of carbonyl (C=O) groups is 2. The van der Waals surface area contributed by atoms with Gasteiger partial charge in [-0.25, -0.2) is 4.79 Å². The second-order valence-corrected chi connectivity index (χ2v) is 3.32. The first-order valence-corrected chi connectivity index (χ1v) is 4.51. The molecule has 3 nitrogen and oxygen atoms in total. The minimum atomic E-state index is -1.27. The number of hydrogen-bond donors (Lipinski definition) is 0. The number of hydrogen-bond acceptors (Lipinski definition) is 3. The quantitative estimate of drug-likeness (QED) is 0.264. The van der Waals surface area contributed by atoms with Crippen LogP contribution >= 0.6 is 23.2 Å². The smallest absolute Gasteiger partial charge is 0.336 e. The lowest BCUT2D eigenvalue weighted by atomic mass is 10.3. The predicted molar refractivity (Wildman–Crippen MR) is 52.8 cm³/mol. The zero-order chi connectivity index (χ0) is 10.6. The molecule has 5 heteroatoms. The van der Waals surface area contributed by atoms with Crippen LogP contribution in [0.1, 0.15) is 0 Å². The maximum atomic E-state index is 11.0. The Labute approximate surface area is 90.6 Å². The second-order valence-electron chi connectivity index (χ2n) is 2.41. The summed E-state index contributed by atoms with van der Waals surface area (Å²) in [5, 5.41) is -0.742. The number of rotatable bonds is 3. The Morgan fingerprint density at radius 3 is 2.43 bits per heavy atom. The molecule has 0 aliphatic carbocycles. The lowest BCUT2D eigenvalue weighted by Crippen LogP contribution is -2.21. The van der Waals surface area contributed by atoms with E-state index in [4.69, 9.17) is 27.9 Å². The largest absolute Gasteiger partial charge is 0.425 e. The maximum absolute atomic E-state index is 11.0. The first-order chi connectivity index (χ1) is 6.63. The highest BCUT2D eigenvalue weighted by atomic mass is 35.5. The van der Waals surface area contributed by atoms with E-state index in [0.717, 1.165) is 0 Å². The van der Waals surface area contributed by atoms with Crippen molar-refractivity contribution in [3.8, 4) is 5.75 Å². The van der Waals surface area contributed by atoms with E-state index in [1.165, 1.54) is 12.1 Å². The molecule has 1 atom stereocenters. The third kappa shape index (κ3) is 3.01. The number of aldehydes is 1. The number of halogens is 2. The zero-order valence-corrected chi connectivity index (χ0v) is 8.46. The lowest BCUT2D eigenvalue weighted by Gasteiger charge is -2.04. The minimum Gasteiger partial charge on any atom is -0.425 e. The molecule has 1 aromatic carbocycles. The Hall–Kier alpha value is -1.06. The third-order valence-corrected chi connectivity index (χ3v) is 1.91. The fraction of sp³-hybridized carbons (Fsp3) is 0.111. The van der Waals surface area contributed by atoms with Crippen molar-refractivity contribution >= 4 is 35.5 Å². The van der Waals surface area contributed by atoms with Crippen molar-refractivity contribution < 1.29 is 14.3 Å². The summed E-state index contributed by atoms with van der Waals surface area (Å²) in [4.78, 5) is 21.1. The van der Waals surface area contributed by atoms with Crippen LogP contribution in [0.25, 0.3) is 0 Å². The van der Waals surface area contributed by atoms with Crippen LogP contribution < -0.4 is 4.74 Å². The van der Waals surface area contributed by atoms with E-state index in [9.17, 15) is 9.59 Å². The lowest BCUT2D eigenvalue weighted by molar-refractivity contribution is -0.135. The Morgan fingerprint density at radius 1 is 1.36 bits per heavy atom. The molecule has 0 N–H and O–H groups in total. The molecular formula is C9H6Cl2O3. The number of esters is 1. The SMILES string of the molecule is O=CC(Cl)C(=O)Oc1ccc(Cl)cc1. The number of ether oxygens (including phenoxy) is 1. The molecule has 0 aliphatic heterocycles. The van der Waals surface area contributed by atoms with Gasteiger partial charge >= 0.3 is 5.97 Å². The van der Waals surface area contributed by atoms with Gasteiger partial charge in [0.1, 0.15) is 12.0 Å². The molecule has 14 heavy (non-hydrogen) atoms. The van der Waals surface area contributed by atoms with Gasteiger partial charge in [0.15, 0.2) is 5.38 Å². The van der Waals surface area contributed by atoms with Gasteiger partial charge < -0.3 is 9.53 Å². The molecule has 0 bridgehead atoms. The summed E-state index contributed by atoms with van der Waals surface area (Å²) in [6, 6.07) is 6.14. The standard InChI is InChI=1S/C9H6Cl2O3/c10-6-1-3-7(4-2-6)14-9(13)8(11)5-12/h1-5,8H. The van der Waals surface area contributed by atoms with Crippen molar-refractivity contribution in [2.45, 2.75) is 5.38 Å². The summed E-state index contributed by atoms with van der Waals surface area (Å²) in [7, 11) is 0. The van der Waals surface area contributed by atoms with E-state index < -0.39 is 11.3 Å². The van der Waals surface area contributed by atoms with Gasteiger partial charge in [0.2, 0.25) is 0 Å². The van der Waals surface area contributed by atoms with E-state index >= 15 is 0 Å². The molecule has 74 valence electrons. The summed E-state index contributed by atoms with van der Waals surface area (Å²) in [5.74, 6) is -0.504. The molecule has 1 aromatic rings. The summed E-state index contributed by atoms with van der Waals surface area (Å²) in [5.41, 5.74) is 0. The van der Waals surface area contributed by atoms with Crippen LogP contribution in [-0.4, -0.2) is 17.6 Å². The van der Waals surface area contributed by atoms with Crippen LogP contribution in [0.5, 0.6) is 5.75 Å².